The van der Waals surface area contributed by atoms with E-state index in [1.54, 1.807) is 4.90 Å². The molecule has 0 spiro atoms. The lowest BCUT2D eigenvalue weighted by atomic mass is 10.00. The molecule has 0 aliphatic heterocycles. The molecule has 5 nitrogen and oxygen atoms in total. The van der Waals surface area contributed by atoms with Crippen molar-refractivity contribution in [2.75, 3.05) is 6.61 Å². The number of nitrogens with zero attached hydrogens (tertiary/aromatic N) is 1. The molecule has 0 heterocycles. The molecule has 0 saturated heterocycles. The van der Waals surface area contributed by atoms with E-state index in [0.29, 0.717) is 18.7 Å². The van der Waals surface area contributed by atoms with Crippen LogP contribution in [0.4, 0.5) is 0 Å². The van der Waals surface area contributed by atoms with Crippen LogP contribution in [0.15, 0.2) is 78.9 Å². The van der Waals surface area contributed by atoms with Crippen LogP contribution in [0.2, 0.25) is 0 Å². The van der Waals surface area contributed by atoms with Gasteiger partial charge in [-0.25, -0.2) is 0 Å². The van der Waals surface area contributed by atoms with Gasteiger partial charge in [0.2, 0.25) is 5.91 Å². The van der Waals surface area contributed by atoms with Gasteiger partial charge in [0.05, 0.1) is 0 Å². The first kappa shape index (κ1) is 28.0. The molecule has 3 aromatic rings. The highest BCUT2D eigenvalue weighted by atomic mass is 16.5. The normalized spacial score (nSPS) is 12.2. The highest BCUT2D eigenvalue weighted by Crippen LogP contribution is 2.26. The molecule has 2 amide bonds. The van der Waals surface area contributed by atoms with Gasteiger partial charge in [0.1, 0.15) is 11.8 Å². The van der Waals surface area contributed by atoms with Gasteiger partial charge in [-0.3, -0.25) is 9.59 Å². The summed E-state index contributed by atoms with van der Waals surface area (Å²) >= 11 is 0. The van der Waals surface area contributed by atoms with Crippen LogP contribution in [-0.2, 0) is 22.6 Å². The van der Waals surface area contributed by atoms with Crippen molar-refractivity contribution < 1.29 is 14.3 Å². The molecule has 0 fully saturated rings. The first-order chi connectivity index (χ1) is 17.5. The zero-order valence-corrected chi connectivity index (χ0v) is 23.0. The number of carbonyl (C=O) groups is 2. The van der Waals surface area contributed by atoms with Crippen molar-refractivity contribution in [3.05, 3.63) is 101 Å². The number of hydrogen-bond acceptors (Lipinski definition) is 3. The fourth-order valence-electron chi connectivity index (χ4n) is 4.29. The van der Waals surface area contributed by atoms with Crippen molar-refractivity contribution in [1.29, 1.82) is 0 Å². The Morgan fingerprint density at radius 2 is 1.51 bits per heavy atom. The van der Waals surface area contributed by atoms with Crippen LogP contribution in [0.25, 0.3) is 0 Å². The average Bonchev–Trinajstić information content (AvgIpc) is 2.85. The number of amides is 2. The highest BCUT2D eigenvalue weighted by Gasteiger charge is 2.32. The second-order valence-corrected chi connectivity index (χ2v) is 10.9. The monoisotopic (exact) mass is 500 g/mol. The smallest absolute Gasteiger partial charge is 0.261 e. The van der Waals surface area contributed by atoms with E-state index in [9.17, 15) is 9.59 Å². The summed E-state index contributed by atoms with van der Waals surface area (Å²) in [4.78, 5) is 29.2. The number of nitrogens with one attached hydrogen (secondary N) is 1. The van der Waals surface area contributed by atoms with Crippen molar-refractivity contribution in [1.82, 2.24) is 10.2 Å². The summed E-state index contributed by atoms with van der Waals surface area (Å²) in [5.74, 6) is 0.547. The topological polar surface area (TPSA) is 58.6 Å². The van der Waals surface area contributed by atoms with E-state index < -0.39 is 11.6 Å². The zero-order valence-electron chi connectivity index (χ0n) is 23.0. The van der Waals surface area contributed by atoms with Gasteiger partial charge in [-0.1, -0.05) is 86.6 Å². The molecule has 1 N–H and O–H groups in total. The molecule has 37 heavy (non-hydrogen) atoms. The van der Waals surface area contributed by atoms with Crippen LogP contribution in [0.1, 0.15) is 62.8 Å². The third-order valence-electron chi connectivity index (χ3n) is 6.26. The summed E-state index contributed by atoms with van der Waals surface area (Å²) < 4.78 is 6.07. The lowest BCUT2D eigenvalue weighted by molar-refractivity contribution is -0.143. The Bertz CT molecular complexity index is 1180. The molecule has 0 unspecified atom stereocenters. The molecule has 0 saturated carbocycles. The lowest BCUT2D eigenvalue weighted by Crippen LogP contribution is -2.55. The molecule has 0 aromatic heterocycles. The minimum absolute atomic E-state index is 0.149. The number of ether oxygens (including phenoxy) is 1. The molecular formula is C32H40N2O3. The van der Waals surface area contributed by atoms with Crippen molar-refractivity contribution >= 4 is 11.8 Å². The number of carbonyl (C=O) groups excluding carboxylic acids is 2. The zero-order chi connectivity index (χ0) is 27.0. The molecule has 196 valence electrons. The molecule has 0 radical (unpaired) electrons. The maximum atomic E-state index is 13.8. The number of benzene rings is 3. The van der Waals surface area contributed by atoms with E-state index in [-0.39, 0.29) is 24.3 Å². The van der Waals surface area contributed by atoms with Gasteiger partial charge in [0.15, 0.2) is 6.61 Å². The van der Waals surface area contributed by atoms with Crippen molar-refractivity contribution in [3.63, 3.8) is 0 Å². The van der Waals surface area contributed by atoms with E-state index in [0.717, 1.165) is 22.3 Å². The Morgan fingerprint density at radius 1 is 0.892 bits per heavy atom. The number of hydrogen-bond donors (Lipinski definition) is 1. The molecule has 0 aliphatic carbocycles. The summed E-state index contributed by atoms with van der Waals surface area (Å²) in [6, 6.07) is 24.9. The van der Waals surface area contributed by atoms with Crippen molar-refractivity contribution in [3.8, 4) is 5.75 Å². The minimum Gasteiger partial charge on any atom is -0.483 e. The maximum Gasteiger partial charge on any atom is 0.261 e. The van der Waals surface area contributed by atoms with Crippen LogP contribution in [0.5, 0.6) is 5.75 Å². The van der Waals surface area contributed by atoms with Crippen LogP contribution < -0.4 is 10.1 Å². The summed E-state index contributed by atoms with van der Waals surface area (Å²) in [7, 11) is 0. The number of para-hydroxylation sites is 1. The van der Waals surface area contributed by atoms with Gasteiger partial charge in [0, 0.05) is 18.5 Å². The molecule has 0 aliphatic rings. The molecule has 3 aromatic carbocycles. The Balaban J connectivity index is 1.96. The van der Waals surface area contributed by atoms with Gasteiger partial charge < -0.3 is 15.0 Å². The van der Waals surface area contributed by atoms with Gasteiger partial charge in [-0.2, -0.15) is 0 Å². The second-order valence-electron chi connectivity index (χ2n) is 10.9. The van der Waals surface area contributed by atoms with E-state index in [1.807, 2.05) is 107 Å². The standard InChI is InChI=1S/C32H40N2O3/c1-23(2)27-18-12-13-19-29(27)37-22-30(35)34(21-26-17-11-10-14-24(26)3)28(31(36)33-32(4,5)6)20-25-15-8-7-9-16-25/h7-19,23,28H,20-22H2,1-6H3,(H,33,36)/t28-/m0/s1. The van der Waals surface area contributed by atoms with Gasteiger partial charge in [-0.05, 0) is 61.9 Å². The number of aryl methyl sites for hydroxylation is 1. The Hall–Kier alpha value is -3.60. The second kappa shape index (κ2) is 12.6. The average molecular weight is 501 g/mol. The number of rotatable bonds is 10. The minimum atomic E-state index is -0.697. The summed E-state index contributed by atoms with van der Waals surface area (Å²) in [5, 5.41) is 3.10. The Labute approximate surface area is 221 Å². The quantitative estimate of drug-likeness (QED) is 0.369. The largest absolute Gasteiger partial charge is 0.483 e. The van der Waals surface area contributed by atoms with Crippen LogP contribution in [0.3, 0.4) is 0 Å². The molecule has 0 bridgehead atoms. The summed E-state index contributed by atoms with van der Waals surface area (Å²) in [5.41, 5.74) is 3.68. The van der Waals surface area contributed by atoms with E-state index in [4.69, 9.17) is 4.74 Å². The van der Waals surface area contributed by atoms with E-state index in [1.165, 1.54) is 0 Å². The predicted molar refractivity (Wildman–Crippen MR) is 150 cm³/mol. The predicted octanol–water partition coefficient (Wildman–Crippen LogP) is 6.05. The molecule has 5 heteroatoms. The highest BCUT2D eigenvalue weighted by molar-refractivity contribution is 5.89. The van der Waals surface area contributed by atoms with Crippen molar-refractivity contribution in [2.24, 2.45) is 0 Å². The first-order valence-corrected chi connectivity index (χ1v) is 13.0. The Kier molecular flexibility index (Phi) is 9.51. The van der Waals surface area contributed by atoms with Gasteiger partial charge in [-0.15, -0.1) is 0 Å². The SMILES string of the molecule is Cc1ccccc1CN(C(=O)COc1ccccc1C(C)C)[C@@H](Cc1ccccc1)C(=O)NC(C)(C)C. The fraction of sp³-hybridized carbons (Fsp3) is 0.375. The fourth-order valence-corrected chi connectivity index (χ4v) is 4.29. The third-order valence-corrected chi connectivity index (χ3v) is 6.26. The lowest BCUT2D eigenvalue weighted by Gasteiger charge is -2.34. The van der Waals surface area contributed by atoms with Gasteiger partial charge in [0.25, 0.3) is 5.91 Å². The molecular weight excluding hydrogens is 460 g/mol. The third kappa shape index (κ3) is 8.21. The molecule has 1 atom stereocenters. The Morgan fingerprint density at radius 3 is 2.16 bits per heavy atom. The van der Waals surface area contributed by atoms with Crippen LogP contribution >= 0.6 is 0 Å². The van der Waals surface area contributed by atoms with E-state index >= 15 is 0 Å². The van der Waals surface area contributed by atoms with Crippen LogP contribution in [0, 0.1) is 6.92 Å². The van der Waals surface area contributed by atoms with Crippen LogP contribution in [-0.4, -0.2) is 34.9 Å². The summed E-state index contributed by atoms with van der Waals surface area (Å²) in [6.07, 6.45) is 0.406. The van der Waals surface area contributed by atoms with E-state index in [2.05, 4.69) is 19.2 Å². The van der Waals surface area contributed by atoms with Gasteiger partial charge >= 0.3 is 0 Å². The first-order valence-electron chi connectivity index (χ1n) is 13.0. The maximum absolute atomic E-state index is 13.8. The van der Waals surface area contributed by atoms with Crippen molar-refractivity contribution in [2.45, 2.75) is 72.0 Å². The summed E-state index contributed by atoms with van der Waals surface area (Å²) in [6.45, 7) is 12.2. The molecule has 3 rings (SSSR count).